The lowest BCUT2D eigenvalue weighted by Gasteiger charge is -2.31. The zero-order valence-electron chi connectivity index (χ0n) is 8.36. The van der Waals surface area contributed by atoms with Crippen LogP contribution in [0.5, 0.6) is 0 Å². The predicted molar refractivity (Wildman–Crippen MR) is 53.6 cm³/mol. The first kappa shape index (κ1) is 8.79. The molecule has 72 valence electrons. The second kappa shape index (κ2) is 3.52. The number of rotatable bonds is 3. The predicted octanol–water partition coefficient (Wildman–Crippen LogP) is 2.61. The molecule has 0 aliphatic heterocycles. The molecule has 2 aliphatic carbocycles. The van der Waals surface area contributed by atoms with Crippen molar-refractivity contribution in [2.45, 2.75) is 26.7 Å². The summed E-state index contributed by atoms with van der Waals surface area (Å²) in [5.41, 5.74) is 1.27. The van der Waals surface area contributed by atoms with E-state index < -0.39 is 0 Å². The molecule has 0 aromatic heterocycles. The van der Waals surface area contributed by atoms with Gasteiger partial charge >= 0.3 is 0 Å². The summed E-state index contributed by atoms with van der Waals surface area (Å²) in [5.74, 6) is 2.04. The zero-order valence-corrected chi connectivity index (χ0v) is 8.36. The Labute approximate surface area is 79.7 Å². The Kier molecular flexibility index (Phi) is 2.38. The monoisotopic (exact) mass is 179 g/mol. The molecule has 1 fully saturated rings. The highest BCUT2D eigenvalue weighted by molar-refractivity contribution is 5.93. The molecule has 0 N–H and O–H groups in total. The van der Waals surface area contributed by atoms with Gasteiger partial charge in [0.05, 0.1) is 5.71 Å². The van der Waals surface area contributed by atoms with E-state index >= 15 is 0 Å². The third-order valence-electron chi connectivity index (χ3n) is 2.75. The fourth-order valence-electron chi connectivity index (χ4n) is 1.91. The minimum Gasteiger partial charge on any atom is -0.396 e. The van der Waals surface area contributed by atoms with Gasteiger partial charge in [-0.2, -0.15) is 0 Å². The van der Waals surface area contributed by atoms with Crippen molar-refractivity contribution in [3.63, 3.8) is 0 Å². The first-order valence-corrected chi connectivity index (χ1v) is 5.12. The SMILES string of the molecule is CC(C)CO/N=C1/CC2C=CCC12. The molecule has 1 saturated carbocycles. The second-order valence-electron chi connectivity index (χ2n) is 4.41. The van der Waals surface area contributed by atoms with E-state index in [9.17, 15) is 0 Å². The molecule has 0 aromatic rings. The maximum Gasteiger partial charge on any atom is 0.119 e. The van der Waals surface area contributed by atoms with Crippen LogP contribution in [-0.2, 0) is 4.84 Å². The minimum absolute atomic E-state index is 0.571. The highest BCUT2D eigenvalue weighted by Gasteiger charge is 2.38. The highest BCUT2D eigenvalue weighted by Crippen LogP contribution is 2.40. The first-order chi connectivity index (χ1) is 6.27. The maximum absolute atomic E-state index is 5.27. The summed E-state index contributed by atoms with van der Waals surface area (Å²) in [4.78, 5) is 5.27. The van der Waals surface area contributed by atoms with E-state index in [1.807, 2.05) is 0 Å². The molecule has 2 atom stereocenters. The van der Waals surface area contributed by atoms with Gasteiger partial charge in [0.25, 0.3) is 0 Å². The largest absolute Gasteiger partial charge is 0.396 e. The van der Waals surface area contributed by atoms with Crippen LogP contribution in [0.2, 0.25) is 0 Å². The summed E-state index contributed by atoms with van der Waals surface area (Å²) in [6.07, 6.45) is 6.88. The molecule has 0 amide bonds. The lowest BCUT2D eigenvalue weighted by Crippen LogP contribution is -2.33. The van der Waals surface area contributed by atoms with Gasteiger partial charge in [-0.3, -0.25) is 0 Å². The van der Waals surface area contributed by atoms with E-state index in [2.05, 4.69) is 31.2 Å². The third-order valence-corrected chi connectivity index (χ3v) is 2.75. The van der Waals surface area contributed by atoms with Gasteiger partial charge in [-0.25, -0.2) is 0 Å². The van der Waals surface area contributed by atoms with Crippen molar-refractivity contribution in [3.05, 3.63) is 12.2 Å². The molecule has 2 heteroatoms. The van der Waals surface area contributed by atoms with Crippen LogP contribution >= 0.6 is 0 Å². The van der Waals surface area contributed by atoms with Gasteiger partial charge < -0.3 is 4.84 Å². The molecule has 2 aliphatic rings. The Bertz CT molecular complexity index is 242. The number of hydrogen-bond donors (Lipinski definition) is 0. The van der Waals surface area contributed by atoms with E-state index in [1.165, 1.54) is 12.1 Å². The molecule has 0 aromatic carbocycles. The molecule has 0 bridgehead atoms. The van der Waals surface area contributed by atoms with Crippen molar-refractivity contribution >= 4 is 5.71 Å². The molecule has 0 saturated heterocycles. The van der Waals surface area contributed by atoms with Crippen LogP contribution in [0.25, 0.3) is 0 Å². The van der Waals surface area contributed by atoms with Gasteiger partial charge in [-0.1, -0.05) is 31.2 Å². The molecule has 13 heavy (non-hydrogen) atoms. The van der Waals surface area contributed by atoms with Gasteiger partial charge in [0, 0.05) is 5.92 Å². The fourth-order valence-corrected chi connectivity index (χ4v) is 1.91. The molecule has 0 spiro atoms. The van der Waals surface area contributed by atoms with Crippen molar-refractivity contribution in [1.82, 2.24) is 0 Å². The van der Waals surface area contributed by atoms with Crippen molar-refractivity contribution in [2.24, 2.45) is 22.9 Å². The topological polar surface area (TPSA) is 21.6 Å². The molecular formula is C11H17NO. The summed E-state index contributed by atoms with van der Waals surface area (Å²) in [6, 6.07) is 0. The Hall–Kier alpha value is -0.790. The van der Waals surface area contributed by atoms with Crippen molar-refractivity contribution in [1.29, 1.82) is 0 Å². The number of allylic oxidation sites excluding steroid dienone is 2. The van der Waals surface area contributed by atoms with Gasteiger partial charge in [0.2, 0.25) is 0 Å². The van der Waals surface area contributed by atoms with Crippen LogP contribution < -0.4 is 0 Å². The first-order valence-electron chi connectivity index (χ1n) is 5.12. The molecule has 0 heterocycles. The smallest absolute Gasteiger partial charge is 0.119 e. The highest BCUT2D eigenvalue weighted by atomic mass is 16.6. The van der Waals surface area contributed by atoms with Crippen LogP contribution in [0.4, 0.5) is 0 Å². The lowest BCUT2D eigenvalue weighted by molar-refractivity contribution is 0.113. The molecule has 0 radical (unpaired) electrons. The summed E-state index contributed by atoms with van der Waals surface area (Å²) >= 11 is 0. The van der Waals surface area contributed by atoms with Crippen LogP contribution in [0.1, 0.15) is 26.7 Å². The van der Waals surface area contributed by atoms with E-state index in [0.717, 1.165) is 18.9 Å². The normalized spacial score (nSPS) is 33.6. The van der Waals surface area contributed by atoms with E-state index in [-0.39, 0.29) is 0 Å². The Balaban J connectivity index is 1.77. The number of nitrogens with zero attached hydrogens (tertiary/aromatic N) is 1. The van der Waals surface area contributed by atoms with Gasteiger partial charge in [0.15, 0.2) is 0 Å². The summed E-state index contributed by atoms with van der Waals surface area (Å²) < 4.78 is 0. The number of oxime groups is 1. The van der Waals surface area contributed by atoms with Gasteiger partial charge in [-0.15, -0.1) is 0 Å². The standard InChI is InChI=1S/C11H17NO/c1-8(2)7-13-12-11-6-9-4-3-5-10(9)11/h3-4,8-10H,5-7H2,1-2H3/b12-11-. The van der Waals surface area contributed by atoms with Crippen LogP contribution in [0, 0.1) is 17.8 Å². The van der Waals surface area contributed by atoms with Crippen LogP contribution in [-0.4, -0.2) is 12.3 Å². The third kappa shape index (κ3) is 1.77. The van der Waals surface area contributed by atoms with Crippen molar-refractivity contribution in [2.75, 3.05) is 6.61 Å². The van der Waals surface area contributed by atoms with E-state index in [4.69, 9.17) is 4.84 Å². The molecule has 2 rings (SSSR count). The molecular weight excluding hydrogens is 162 g/mol. The second-order valence-corrected chi connectivity index (χ2v) is 4.41. The van der Waals surface area contributed by atoms with Crippen molar-refractivity contribution in [3.8, 4) is 0 Å². The molecule has 2 nitrogen and oxygen atoms in total. The van der Waals surface area contributed by atoms with Crippen LogP contribution in [0.3, 0.4) is 0 Å². The van der Waals surface area contributed by atoms with Crippen molar-refractivity contribution < 1.29 is 4.84 Å². The summed E-state index contributed by atoms with van der Waals surface area (Å²) in [6.45, 7) is 5.02. The fraction of sp³-hybridized carbons (Fsp3) is 0.727. The average molecular weight is 179 g/mol. The molecule has 2 unspecified atom stereocenters. The maximum atomic E-state index is 5.27. The lowest BCUT2D eigenvalue weighted by atomic mass is 9.74. The van der Waals surface area contributed by atoms with E-state index in [1.54, 1.807) is 0 Å². The summed E-state index contributed by atoms with van der Waals surface area (Å²) in [5, 5.41) is 4.19. The Morgan fingerprint density at radius 2 is 2.46 bits per heavy atom. The Morgan fingerprint density at radius 1 is 1.62 bits per heavy atom. The quantitative estimate of drug-likeness (QED) is 0.482. The summed E-state index contributed by atoms with van der Waals surface area (Å²) in [7, 11) is 0. The number of hydrogen-bond acceptors (Lipinski definition) is 2. The minimum atomic E-state index is 0.571. The van der Waals surface area contributed by atoms with Crippen LogP contribution in [0.15, 0.2) is 17.3 Å². The average Bonchev–Trinajstić information content (AvgIpc) is 2.40. The van der Waals surface area contributed by atoms with E-state index in [0.29, 0.717) is 11.8 Å². The Morgan fingerprint density at radius 3 is 3.15 bits per heavy atom. The zero-order chi connectivity index (χ0) is 9.26. The number of fused-ring (bicyclic) bond motifs is 1. The van der Waals surface area contributed by atoms with Gasteiger partial charge in [-0.05, 0) is 24.7 Å². The van der Waals surface area contributed by atoms with Gasteiger partial charge in [0.1, 0.15) is 6.61 Å².